The maximum Gasteiger partial charge on any atom is 0.167 e. The third-order valence-corrected chi connectivity index (χ3v) is 9.54. The van der Waals surface area contributed by atoms with Crippen LogP contribution < -0.4 is 0 Å². The lowest BCUT2D eigenvalue weighted by Crippen LogP contribution is -2.02. The molecule has 5 aromatic carbocycles. The molecule has 0 aliphatic heterocycles. The number of aromatic nitrogens is 7. The van der Waals surface area contributed by atoms with Crippen molar-refractivity contribution in [2.24, 2.45) is 0 Å². The summed E-state index contributed by atoms with van der Waals surface area (Å²) in [6, 6.07) is 42.3. The molecule has 7 nitrogen and oxygen atoms in total. The number of hydrogen-bond donors (Lipinski definition) is 0. The molecule has 0 aliphatic rings. The molecule has 0 fully saturated rings. The molecule has 0 bridgehead atoms. The molecule has 0 N–H and O–H groups in total. The zero-order valence-corrected chi connectivity index (χ0v) is 28.3. The SMILES string of the molecule is Fc1cc(-c2ccc3ccc4cccnc4c3n2)ccc1-c1nc(-c2ccccc2)nc(-c2ccc(-c3ccc4ccc5cccnc5c4n3)cc2F)n1. The van der Waals surface area contributed by atoms with Crippen LogP contribution in [0, 0.1) is 11.6 Å². The minimum atomic E-state index is -0.554. The van der Waals surface area contributed by atoms with Crippen molar-refractivity contribution in [2.75, 3.05) is 0 Å². The van der Waals surface area contributed by atoms with Crippen LogP contribution >= 0.6 is 0 Å². The summed E-state index contributed by atoms with van der Waals surface area (Å²) in [5, 5.41) is 3.82. The molecule has 0 spiro atoms. The fourth-order valence-corrected chi connectivity index (χ4v) is 6.81. The standard InChI is InChI=1S/C45H25F2N7/c46-35-24-31(37-20-16-28-12-10-26-8-4-22-48-39(26)41(28)50-37)14-18-33(35)44-52-43(30-6-2-1-3-7-30)53-45(54-44)34-19-15-32(25-36(34)47)38-21-17-29-13-11-27-9-5-23-49-40(27)42(29)51-38/h1-25H. The minimum Gasteiger partial charge on any atom is -0.254 e. The Morgan fingerprint density at radius 1 is 0.333 bits per heavy atom. The van der Waals surface area contributed by atoms with E-state index in [2.05, 4.69) is 24.9 Å². The first-order valence-electron chi connectivity index (χ1n) is 17.3. The van der Waals surface area contributed by atoms with Gasteiger partial charge in [0, 0.05) is 50.6 Å². The fourth-order valence-electron chi connectivity index (χ4n) is 6.81. The number of rotatable bonds is 5. The lowest BCUT2D eigenvalue weighted by atomic mass is 10.0. The third kappa shape index (κ3) is 5.46. The minimum absolute atomic E-state index is 0.0728. The summed E-state index contributed by atoms with van der Waals surface area (Å²) >= 11 is 0. The summed E-state index contributed by atoms with van der Waals surface area (Å²) < 4.78 is 32.3. The smallest absolute Gasteiger partial charge is 0.167 e. The molecule has 5 aromatic heterocycles. The van der Waals surface area contributed by atoms with Gasteiger partial charge >= 0.3 is 0 Å². The highest BCUT2D eigenvalue weighted by atomic mass is 19.1. The van der Waals surface area contributed by atoms with Gasteiger partial charge in [-0.15, -0.1) is 0 Å². The van der Waals surface area contributed by atoms with Crippen molar-refractivity contribution in [3.63, 3.8) is 0 Å². The van der Waals surface area contributed by atoms with E-state index in [-0.39, 0.29) is 28.6 Å². The van der Waals surface area contributed by atoms with Crippen LogP contribution in [0.25, 0.3) is 100 Å². The van der Waals surface area contributed by atoms with E-state index < -0.39 is 11.6 Å². The summed E-state index contributed by atoms with van der Waals surface area (Å²) in [5.74, 6) is -0.676. The highest BCUT2D eigenvalue weighted by Gasteiger charge is 2.19. The summed E-state index contributed by atoms with van der Waals surface area (Å²) in [6.45, 7) is 0. The van der Waals surface area contributed by atoms with Crippen LogP contribution in [0.1, 0.15) is 0 Å². The van der Waals surface area contributed by atoms with Crippen LogP contribution in [0.2, 0.25) is 0 Å². The van der Waals surface area contributed by atoms with Gasteiger partial charge in [-0.3, -0.25) is 9.97 Å². The Kier molecular flexibility index (Phi) is 7.36. The molecule has 0 saturated carbocycles. The van der Waals surface area contributed by atoms with Gasteiger partial charge in [-0.2, -0.15) is 0 Å². The van der Waals surface area contributed by atoms with Gasteiger partial charge in [0.25, 0.3) is 0 Å². The molecule has 254 valence electrons. The lowest BCUT2D eigenvalue weighted by molar-refractivity contribution is 0.629. The molecule has 0 amide bonds. The van der Waals surface area contributed by atoms with Crippen molar-refractivity contribution in [2.45, 2.75) is 0 Å². The van der Waals surface area contributed by atoms with E-state index in [0.29, 0.717) is 28.1 Å². The number of hydrogen-bond acceptors (Lipinski definition) is 7. The van der Waals surface area contributed by atoms with Crippen LogP contribution in [0.4, 0.5) is 8.78 Å². The Morgan fingerprint density at radius 2 is 0.778 bits per heavy atom. The van der Waals surface area contributed by atoms with Gasteiger partial charge in [0.2, 0.25) is 0 Å². The van der Waals surface area contributed by atoms with Crippen molar-refractivity contribution in [3.05, 3.63) is 164 Å². The van der Waals surface area contributed by atoms with Crippen LogP contribution in [-0.4, -0.2) is 34.9 Å². The summed E-state index contributed by atoms with van der Waals surface area (Å²) in [6.07, 6.45) is 3.47. The van der Waals surface area contributed by atoms with Crippen molar-refractivity contribution in [1.82, 2.24) is 34.9 Å². The third-order valence-electron chi connectivity index (χ3n) is 9.54. The predicted molar refractivity (Wildman–Crippen MR) is 208 cm³/mol. The molecule has 0 saturated heterocycles. The first kappa shape index (κ1) is 31.4. The van der Waals surface area contributed by atoms with Crippen molar-refractivity contribution in [3.8, 4) is 56.7 Å². The quantitative estimate of drug-likeness (QED) is 0.165. The average molecular weight is 702 g/mol. The van der Waals surface area contributed by atoms with E-state index in [1.807, 2.05) is 103 Å². The zero-order valence-electron chi connectivity index (χ0n) is 28.3. The van der Waals surface area contributed by atoms with Crippen LogP contribution in [0.5, 0.6) is 0 Å². The summed E-state index contributed by atoms with van der Waals surface area (Å²) in [4.78, 5) is 32.8. The predicted octanol–water partition coefficient (Wildman–Crippen LogP) is 10.7. The van der Waals surface area contributed by atoms with Crippen molar-refractivity contribution >= 4 is 43.6 Å². The first-order chi connectivity index (χ1) is 26.6. The van der Waals surface area contributed by atoms with E-state index in [0.717, 1.165) is 43.6 Å². The molecule has 0 aliphatic carbocycles. The Morgan fingerprint density at radius 3 is 1.26 bits per heavy atom. The summed E-state index contributed by atoms with van der Waals surface area (Å²) in [7, 11) is 0. The van der Waals surface area contributed by atoms with Crippen LogP contribution in [-0.2, 0) is 0 Å². The van der Waals surface area contributed by atoms with E-state index in [1.165, 1.54) is 12.1 Å². The second-order valence-corrected chi connectivity index (χ2v) is 12.9. The Balaban J connectivity index is 1.05. The maximum atomic E-state index is 16.2. The Bertz CT molecular complexity index is 2910. The van der Waals surface area contributed by atoms with E-state index in [1.54, 1.807) is 36.7 Å². The van der Waals surface area contributed by atoms with E-state index >= 15 is 8.78 Å². The highest BCUT2D eigenvalue weighted by Crippen LogP contribution is 2.33. The molecule has 0 atom stereocenters. The summed E-state index contributed by atoms with van der Waals surface area (Å²) in [5.41, 5.74) is 6.35. The van der Waals surface area contributed by atoms with Crippen LogP contribution in [0.15, 0.2) is 152 Å². The lowest BCUT2D eigenvalue weighted by Gasteiger charge is -2.11. The molecule has 9 heteroatoms. The molecular formula is C45H25F2N7. The molecule has 10 aromatic rings. The first-order valence-corrected chi connectivity index (χ1v) is 17.3. The van der Waals surface area contributed by atoms with Gasteiger partial charge in [0.15, 0.2) is 17.5 Å². The molecule has 5 heterocycles. The van der Waals surface area contributed by atoms with Crippen LogP contribution in [0.3, 0.4) is 0 Å². The molecule has 0 radical (unpaired) electrons. The Hall–Kier alpha value is -7.39. The van der Waals surface area contributed by atoms with E-state index in [9.17, 15) is 0 Å². The second-order valence-electron chi connectivity index (χ2n) is 12.9. The largest absolute Gasteiger partial charge is 0.254 e. The monoisotopic (exact) mass is 701 g/mol. The van der Waals surface area contributed by atoms with Gasteiger partial charge < -0.3 is 0 Å². The van der Waals surface area contributed by atoms with Gasteiger partial charge in [0.1, 0.15) is 11.6 Å². The van der Waals surface area contributed by atoms with E-state index in [4.69, 9.17) is 9.97 Å². The molecule has 10 rings (SSSR count). The molecule has 0 unspecified atom stereocenters. The zero-order chi connectivity index (χ0) is 36.2. The number of nitrogens with zero attached hydrogens (tertiary/aromatic N) is 7. The van der Waals surface area contributed by atoms with Gasteiger partial charge in [-0.1, -0.05) is 91.0 Å². The van der Waals surface area contributed by atoms with Gasteiger partial charge in [-0.25, -0.2) is 33.7 Å². The fraction of sp³-hybridized carbons (Fsp3) is 0. The number of fused-ring (bicyclic) bond motifs is 6. The Labute approximate surface area is 306 Å². The maximum absolute atomic E-state index is 16.2. The van der Waals surface area contributed by atoms with Gasteiger partial charge in [-0.05, 0) is 48.5 Å². The number of halogens is 2. The molecular weight excluding hydrogens is 677 g/mol. The normalized spacial score (nSPS) is 11.5. The topological polar surface area (TPSA) is 90.2 Å². The van der Waals surface area contributed by atoms with Crippen molar-refractivity contribution in [1.29, 1.82) is 0 Å². The highest BCUT2D eigenvalue weighted by molar-refractivity contribution is 6.04. The number of pyridine rings is 4. The second kappa shape index (κ2) is 12.7. The molecule has 54 heavy (non-hydrogen) atoms. The van der Waals surface area contributed by atoms with Crippen molar-refractivity contribution < 1.29 is 8.78 Å². The number of benzene rings is 5. The average Bonchev–Trinajstić information content (AvgIpc) is 3.23. The van der Waals surface area contributed by atoms with Gasteiger partial charge in [0.05, 0.1) is 44.6 Å².